The molecule has 2 amide bonds. The molecule has 1 aliphatic carbocycles. The third-order valence-corrected chi connectivity index (χ3v) is 7.36. The summed E-state index contributed by atoms with van der Waals surface area (Å²) >= 11 is 0. The summed E-state index contributed by atoms with van der Waals surface area (Å²) in [4.78, 5) is 17.1. The zero-order valence-electron chi connectivity index (χ0n) is 17.1. The molecule has 0 radical (unpaired) electrons. The number of nitrogens with zero attached hydrogens (tertiary/aromatic N) is 2. The van der Waals surface area contributed by atoms with Crippen LogP contribution in [0.15, 0.2) is 30.3 Å². The molecule has 154 valence electrons. The summed E-state index contributed by atoms with van der Waals surface area (Å²) < 4.78 is 0. The molecule has 28 heavy (non-hydrogen) atoms. The molecule has 0 spiro atoms. The summed E-state index contributed by atoms with van der Waals surface area (Å²) in [6, 6.07) is 11.3. The average Bonchev–Trinajstić information content (AvgIpc) is 2.70. The SMILES string of the molecule is CCC1(c2ccccc2)CN(C(=O)NC2CCN([C@H]3CCCC[C@@H]3O)CC2)C1. The van der Waals surface area contributed by atoms with Crippen LogP contribution in [-0.2, 0) is 5.41 Å². The topological polar surface area (TPSA) is 55.8 Å². The van der Waals surface area contributed by atoms with E-state index in [-0.39, 0.29) is 23.6 Å². The van der Waals surface area contributed by atoms with Crippen molar-refractivity contribution in [3.63, 3.8) is 0 Å². The molecule has 5 nitrogen and oxygen atoms in total. The third-order valence-electron chi connectivity index (χ3n) is 7.36. The molecule has 0 bridgehead atoms. The zero-order valence-corrected chi connectivity index (χ0v) is 17.1. The van der Waals surface area contributed by atoms with E-state index in [4.69, 9.17) is 0 Å². The molecule has 2 heterocycles. The first-order valence-corrected chi connectivity index (χ1v) is 11.1. The molecule has 1 saturated carbocycles. The maximum Gasteiger partial charge on any atom is 0.317 e. The predicted molar refractivity (Wildman–Crippen MR) is 111 cm³/mol. The number of rotatable bonds is 4. The normalized spacial score (nSPS) is 28.6. The molecule has 3 fully saturated rings. The Kier molecular flexibility index (Phi) is 5.93. The number of hydrogen-bond donors (Lipinski definition) is 2. The quantitative estimate of drug-likeness (QED) is 0.837. The van der Waals surface area contributed by atoms with Crippen LogP contribution in [0.25, 0.3) is 0 Å². The Hall–Kier alpha value is -1.59. The second kappa shape index (κ2) is 8.42. The van der Waals surface area contributed by atoms with E-state index in [1.807, 2.05) is 4.90 Å². The van der Waals surface area contributed by atoms with Gasteiger partial charge in [-0.1, -0.05) is 50.1 Å². The van der Waals surface area contributed by atoms with Gasteiger partial charge in [0.25, 0.3) is 0 Å². The average molecular weight is 386 g/mol. The van der Waals surface area contributed by atoms with Crippen LogP contribution in [0.5, 0.6) is 0 Å². The number of urea groups is 1. The Bertz CT molecular complexity index is 651. The zero-order chi connectivity index (χ0) is 19.6. The first-order chi connectivity index (χ1) is 13.6. The Morgan fingerprint density at radius 1 is 1.11 bits per heavy atom. The highest BCUT2D eigenvalue weighted by Crippen LogP contribution is 2.37. The molecule has 0 unspecified atom stereocenters. The van der Waals surface area contributed by atoms with Gasteiger partial charge in [0.2, 0.25) is 0 Å². The highest BCUT2D eigenvalue weighted by atomic mass is 16.3. The summed E-state index contributed by atoms with van der Waals surface area (Å²) in [5.74, 6) is 0. The number of carbonyl (C=O) groups is 1. The summed E-state index contributed by atoms with van der Waals surface area (Å²) in [5, 5.41) is 13.6. The van der Waals surface area contributed by atoms with Crippen molar-refractivity contribution in [2.45, 2.75) is 75.5 Å². The van der Waals surface area contributed by atoms with Crippen LogP contribution < -0.4 is 5.32 Å². The molecule has 2 N–H and O–H groups in total. The number of likely N-dealkylation sites (tertiary alicyclic amines) is 2. The van der Waals surface area contributed by atoms with E-state index in [0.29, 0.717) is 6.04 Å². The fourth-order valence-electron chi connectivity index (χ4n) is 5.39. The minimum Gasteiger partial charge on any atom is -0.391 e. The van der Waals surface area contributed by atoms with Gasteiger partial charge in [0.15, 0.2) is 0 Å². The summed E-state index contributed by atoms with van der Waals surface area (Å²) in [7, 11) is 0. The standard InChI is InChI=1S/C23H35N3O2/c1-2-23(18-8-4-3-5-9-18)16-26(17-23)22(28)24-19-12-14-25(15-13-19)20-10-6-7-11-21(20)27/h3-5,8-9,19-21,27H,2,6-7,10-17H2,1H3,(H,24,28)/t20-,21-/m0/s1. The molecule has 1 aromatic rings. The summed E-state index contributed by atoms with van der Waals surface area (Å²) in [6.07, 6.45) is 7.31. The van der Waals surface area contributed by atoms with Crippen molar-refractivity contribution < 1.29 is 9.90 Å². The van der Waals surface area contributed by atoms with E-state index in [0.717, 1.165) is 64.7 Å². The van der Waals surface area contributed by atoms with Crippen LogP contribution in [0.2, 0.25) is 0 Å². The second-order valence-corrected chi connectivity index (χ2v) is 9.03. The van der Waals surface area contributed by atoms with Gasteiger partial charge in [-0.25, -0.2) is 4.79 Å². The van der Waals surface area contributed by atoms with Gasteiger partial charge in [-0.15, -0.1) is 0 Å². The van der Waals surface area contributed by atoms with E-state index >= 15 is 0 Å². The fourth-order valence-corrected chi connectivity index (χ4v) is 5.39. The van der Waals surface area contributed by atoms with Gasteiger partial charge in [-0.3, -0.25) is 4.90 Å². The Labute approximate surface area is 169 Å². The fraction of sp³-hybridized carbons (Fsp3) is 0.696. The van der Waals surface area contributed by atoms with Gasteiger partial charge >= 0.3 is 6.03 Å². The van der Waals surface area contributed by atoms with E-state index in [9.17, 15) is 9.90 Å². The molecular weight excluding hydrogens is 350 g/mol. The lowest BCUT2D eigenvalue weighted by Gasteiger charge is -2.50. The lowest BCUT2D eigenvalue weighted by atomic mass is 9.72. The smallest absolute Gasteiger partial charge is 0.317 e. The van der Waals surface area contributed by atoms with E-state index < -0.39 is 0 Å². The third kappa shape index (κ3) is 3.92. The van der Waals surface area contributed by atoms with Gasteiger partial charge in [0.05, 0.1) is 6.10 Å². The second-order valence-electron chi connectivity index (χ2n) is 9.03. The number of benzene rings is 1. The molecule has 0 aromatic heterocycles. The van der Waals surface area contributed by atoms with Crippen molar-refractivity contribution in [3.8, 4) is 0 Å². The Morgan fingerprint density at radius 3 is 2.43 bits per heavy atom. The molecule has 5 heteroatoms. The largest absolute Gasteiger partial charge is 0.391 e. The monoisotopic (exact) mass is 385 g/mol. The summed E-state index contributed by atoms with van der Waals surface area (Å²) in [6.45, 7) is 5.81. The first-order valence-electron chi connectivity index (χ1n) is 11.1. The van der Waals surface area contributed by atoms with Gasteiger partial charge in [0.1, 0.15) is 0 Å². The van der Waals surface area contributed by atoms with Crippen molar-refractivity contribution in [3.05, 3.63) is 35.9 Å². The molecule has 2 saturated heterocycles. The number of piperidine rings is 1. The van der Waals surface area contributed by atoms with E-state index in [2.05, 4.69) is 47.5 Å². The number of aliphatic hydroxyl groups excluding tert-OH is 1. The van der Waals surface area contributed by atoms with Crippen molar-refractivity contribution >= 4 is 6.03 Å². The highest BCUT2D eigenvalue weighted by Gasteiger charge is 2.45. The van der Waals surface area contributed by atoms with E-state index in [1.54, 1.807) is 0 Å². The van der Waals surface area contributed by atoms with Crippen LogP contribution in [0.3, 0.4) is 0 Å². The van der Waals surface area contributed by atoms with Crippen molar-refractivity contribution in [1.29, 1.82) is 0 Å². The lowest BCUT2D eigenvalue weighted by molar-refractivity contribution is 0.00693. The number of nitrogens with one attached hydrogen (secondary N) is 1. The molecule has 3 aliphatic rings. The van der Waals surface area contributed by atoms with Crippen LogP contribution in [0, 0.1) is 0 Å². The van der Waals surface area contributed by atoms with Gasteiger partial charge in [-0.05, 0) is 37.7 Å². The Morgan fingerprint density at radius 2 is 1.79 bits per heavy atom. The predicted octanol–water partition coefficient (Wildman–Crippen LogP) is 3.13. The lowest BCUT2D eigenvalue weighted by Crippen LogP contribution is -2.64. The van der Waals surface area contributed by atoms with Crippen molar-refractivity contribution in [1.82, 2.24) is 15.1 Å². The van der Waals surface area contributed by atoms with Gasteiger partial charge < -0.3 is 15.3 Å². The van der Waals surface area contributed by atoms with Crippen LogP contribution in [0.4, 0.5) is 4.79 Å². The number of amides is 2. The first kappa shape index (κ1) is 19.7. The minimum absolute atomic E-state index is 0.0937. The van der Waals surface area contributed by atoms with Gasteiger partial charge in [0, 0.05) is 43.7 Å². The van der Waals surface area contributed by atoms with Crippen LogP contribution in [0.1, 0.15) is 57.4 Å². The summed E-state index contributed by atoms with van der Waals surface area (Å²) in [5.41, 5.74) is 1.47. The molecule has 1 aromatic carbocycles. The molecule has 2 aliphatic heterocycles. The van der Waals surface area contributed by atoms with Crippen molar-refractivity contribution in [2.24, 2.45) is 0 Å². The number of carbonyl (C=O) groups excluding carboxylic acids is 1. The Balaban J connectivity index is 1.24. The van der Waals surface area contributed by atoms with Gasteiger partial charge in [-0.2, -0.15) is 0 Å². The molecular formula is C23H35N3O2. The number of hydrogen-bond acceptors (Lipinski definition) is 3. The van der Waals surface area contributed by atoms with Crippen molar-refractivity contribution in [2.75, 3.05) is 26.2 Å². The molecule has 2 atom stereocenters. The number of aliphatic hydroxyl groups is 1. The van der Waals surface area contributed by atoms with Crippen LogP contribution in [-0.4, -0.2) is 65.3 Å². The van der Waals surface area contributed by atoms with Crippen LogP contribution >= 0.6 is 0 Å². The maximum atomic E-state index is 12.7. The molecule has 4 rings (SSSR count). The highest BCUT2D eigenvalue weighted by molar-refractivity contribution is 5.76. The minimum atomic E-state index is -0.166. The van der Waals surface area contributed by atoms with E-state index in [1.165, 1.54) is 12.0 Å². The maximum absolute atomic E-state index is 12.7.